The molecule has 0 fully saturated rings. The Morgan fingerprint density at radius 3 is 2.41 bits per heavy atom. The van der Waals surface area contributed by atoms with Crippen LogP contribution in [0.15, 0.2) is 24.3 Å². The number of hydrogen-bond acceptors (Lipinski definition) is 2. The van der Waals surface area contributed by atoms with Gasteiger partial charge in [0.25, 0.3) is 5.91 Å². The molecule has 0 aliphatic heterocycles. The Morgan fingerprint density at radius 2 is 1.86 bits per heavy atom. The van der Waals surface area contributed by atoms with Crippen LogP contribution in [0.25, 0.3) is 0 Å². The summed E-state index contributed by atoms with van der Waals surface area (Å²) in [6, 6.07) is 6.12. The third kappa shape index (κ3) is 5.75. The zero-order valence-corrected chi connectivity index (χ0v) is 12.2. The summed E-state index contributed by atoms with van der Waals surface area (Å²) in [5.74, 6) is -1.47. The Hall–Kier alpha value is -2.05. The van der Waals surface area contributed by atoms with Crippen molar-refractivity contribution in [2.45, 2.75) is 32.4 Å². The number of aryl methyl sites for hydroxylation is 1. The van der Waals surface area contributed by atoms with Gasteiger partial charge in [-0.2, -0.15) is 13.2 Å². The van der Waals surface area contributed by atoms with Crippen LogP contribution in [0.4, 0.5) is 13.2 Å². The summed E-state index contributed by atoms with van der Waals surface area (Å²) < 4.78 is 37.0. The Labute approximate surface area is 126 Å². The quantitative estimate of drug-likeness (QED) is 0.840. The van der Waals surface area contributed by atoms with Crippen molar-refractivity contribution in [3.63, 3.8) is 0 Å². The van der Waals surface area contributed by atoms with E-state index in [0.717, 1.165) is 0 Å². The molecule has 122 valence electrons. The van der Waals surface area contributed by atoms with Crippen LogP contribution >= 0.6 is 0 Å². The van der Waals surface area contributed by atoms with Crippen LogP contribution < -0.4 is 0 Å². The highest BCUT2D eigenvalue weighted by Gasteiger charge is 2.27. The molecule has 0 spiro atoms. The number of rotatable bonds is 7. The molecule has 0 saturated heterocycles. The number of carboxylic acids is 1. The van der Waals surface area contributed by atoms with Crippen molar-refractivity contribution in [1.82, 2.24) is 4.90 Å². The van der Waals surface area contributed by atoms with Crippen molar-refractivity contribution in [3.8, 4) is 0 Å². The van der Waals surface area contributed by atoms with E-state index in [4.69, 9.17) is 5.11 Å². The standard InChI is InChI=1S/C15H18F3NO3/c1-2-19(10-8-13(20)21)14(22)12-6-4-3-5-11(12)7-9-15(16,17)18/h3-6H,2,7-10H2,1H3,(H,20,21). The van der Waals surface area contributed by atoms with E-state index in [1.165, 1.54) is 17.0 Å². The largest absolute Gasteiger partial charge is 0.481 e. The number of benzene rings is 1. The molecule has 0 unspecified atom stereocenters. The average Bonchev–Trinajstić information content (AvgIpc) is 2.44. The van der Waals surface area contributed by atoms with Gasteiger partial charge in [0.1, 0.15) is 0 Å². The maximum absolute atomic E-state index is 12.4. The molecule has 0 saturated carbocycles. The summed E-state index contributed by atoms with van der Waals surface area (Å²) >= 11 is 0. The van der Waals surface area contributed by atoms with Crippen LogP contribution in [-0.2, 0) is 11.2 Å². The summed E-state index contributed by atoms with van der Waals surface area (Å²) in [6.07, 6.45) is -5.77. The fourth-order valence-corrected chi connectivity index (χ4v) is 2.03. The molecule has 1 N–H and O–H groups in total. The summed E-state index contributed by atoms with van der Waals surface area (Å²) in [5.41, 5.74) is 0.512. The Kier molecular flexibility index (Phi) is 6.39. The maximum Gasteiger partial charge on any atom is 0.389 e. The average molecular weight is 317 g/mol. The molecule has 7 heteroatoms. The molecule has 0 bridgehead atoms. The Bertz CT molecular complexity index is 529. The van der Waals surface area contributed by atoms with E-state index in [9.17, 15) is 22.8 Å². The number of alkyl halides is 3. The van der Waals surface area contributed by atoms with Gasteiger partial charge in [-0.15, -0.1) is 0 Å². The molecule has 1 rings (SSSR count). The molecule has 1 aromatic carbocycles. The van der Waals surface area contributed by atoms with Crippen LogP contribution in [0.1, 0.15) is 35.7 Å². The molecule has 0 radical (unpaired) electrons. The third-order valence-electron chi connectivity index (χ3n) is 3.19. The van der Waals surface area contributed by atoms with Gasteiger partial charge in [0.05, 0.1) is 6.42 Å². The van der Waals surface area contributed by atoms with Gasteiger partial charge in [-0.1, -0.05) is 18.2 Å². The van der Waals surface area contributed by atoms with E-state index in [0.29, 0.717) is 12.1 Å². The normalized spacial score (nSPS) is 11.3. The van der Waals surface area contributed by atoms with Crippen molar-refractivity contribution < 1.29 is 27.9 Å². The van der Waals surface area contributed by atoms with Crippen LogP contribution in [0, 0.1) is 0 Å². The number of amides is 1. The van der Waals surface area contributed by atoms with E-state index < -0.39 is 24.5 Å². The first-order chi connectivity index (χ1) is 10.2. The first kappa shape index (κ1) is 18.0. The van der Waals surface area contributed by atoms with Crippen LogP contribution in [0.3, 0.4) is 0 Å². The number of hydrogen-bond donors (Lipinski definition) is 1. The summed E-state index contributed by atoms with van der Waals surface area (Å²) in [4.78, 5) is 24.3. The van der Waals surface area contributed by atoms with Crippen LogP contribution in [0.2, 0.25) is 0 Å². The molecule has 1 aromatic rings. The lowest BCUT2D eigenvalue weighted by molar-refractivity contribution is -0.137. The van der Waals surface area contributed by atoms with Gasteiger partial charge in [0.2, 0.25) is 0 Å². The zero-order valence-electron chi connectivity index (χ0n) is 12.2. The van der Waals surface area contributed by atoms with E-state index >= 15 is 0 Å². The number of carboxylic acid groups (broad SMARTS) is 1. The number of nitrogens with zero attached hydrogens (tertiary/aromatic N) is 1. The molecular weight excluding hydrogens is 299 g/mol. The lowest BCUT2D eigenvalue weighted by Crippen LogP contribution is -2.33. The molecule has 0 aliphatic rings. The molecule has 0 heterocycles. The second-order valence-electron chi connectivity index (χ2n) is 4.80. The monoisotopic (exact) mass is 317 g/mol. The van der Waals surface area contributed by atoms with Gasteiger partial charge in [-0.3, -0.25) is 9.59 Å². The smallest absolute Gasteiger partial charge is 0.389 e. The Balaban J connectivity index is 2.89. The second kappa shape index (κ2) is 7.82. The molecule has 0 aromatic heterocycles. The van der Waals surface area contributed by atoms with Crippen molar-refractivity contribution in [2.75, 3.05) is 13.1 Å². The van der Waals surface area contributed by atoms with Crippen molar-refractivity contribution >= 4 is 11.9 Å². The second-order valence-corrected chi connectivity index (χ2v) is 4.80. The molecule has 1 amide bonds. The Morgan fingerprint density at radius 1 is 1.23 bits per heavy atom. The van der Waals surface area contributed by atoms with E-state index in [-0.39, 0.29) is 24.9 Å². The van der Waals surface area contributed by atoms with Gasteiger partial charge in [0.15, 0.2) is 0 Å². The summed E-state index contributed by atoms with van der Waals surface area (Å²) in [5, 5.41) is 8.68. The van der Waals surface area contributed by atoms with Gasteiger partial charge in [-0.05, 0) is 25.0 Å². The van der Waals surface area contributed by atoms with Crippen molar-refractivity contribution in [3.05, 3.63) is 35.4 Å². The van der Waals surface area contributed by atoms with E-state index in [2.05, 4.69) is 0 Å². The van der Waals surface area contributed by atoms with Gasteiger partial charge >= 0.3 is 12.1 Å². The lowest BCUT2D eigenvalue weighted by Gasteiger charge is -2.21. The maximum atomic E-state index is 12.4. The fourth-order valence-electron chi connectivity index (χ4n) is 2.03. The molecule has 4 nitrogen and oxygen atoms in total. The minimum absolute atomic E-state index is 0.0261. The molecule has 0 aliphatic carbocycles. The molecule has 0 atom stereocenters. The van der Waals surface area contributed by atoms with Crippen molar-refractivity contribution in [1.29, 1.82) is 0 Å². The first-order valence-electron chi connectivity index (χ1n) is 6.90. The van der Waals surface area contributed by atoms with Crippen LogP contribution in [0.5, 0.6) is 0 Å². The molecule has 22 heavy (non-hydrogen) atoms. The third-order valence-corrected chi connectivity index (χ3v) is 3.19. The van der Waals surface area contributed by atoms with Gasteiger partial charge < -0.3 is 10.0 Å². The number of carbonyl (C=O) groups excluding carboxylic acids is 1. The molecular formula is C15H18F3NO3. The highest BCUT2D eigenvalue weighted by atomic mass is 19.4. The minimum Gasteiger partial charge on any atom is -0.481 e. The predicted molar refractivity (Wildman–Crippen MR) is 74.6 cm³/mol. The highest BCUT2D eigenvalue weighted by Crippen LogP contribution is 2.24. The van der Waals surface area contributed by atoms with Crippen molar-refractivity contribution in [2.24, 2.45) is 0 Å². The SMILES string of the molecule is CCN(CCC(=O)O)C(=O)c1ccccc1CCC(F)(F)F. The van der Waals surface area contributed by atoms with E-state index in [1.54, 1.807) is 19.1 Å². The zero-order chi connectivity index (χ0) is 16.8. The number of carbonyl (C=O) groups is 2. The summed E-state index contributed by atoms with van der Waals surface area (Å²) in [7, 11) is 0. The highest BCUT2D eigenvalue weighted by molar-refractivity contribution is 5.95. The fraction of sp³-hybridized carbons (Fsp3) is 0.467. The lowest BCUT2D eigenvalue weighted by atomic mass is 10.0. The van der Waals surface area contributed by atoms with Gasteiger partial charge in [0, 0.05) is 25.1 Å². The topological polar surface area (TPSA) is 57.6 Å². The summed E-state index contributed by atoms with van der Waals surface area (Å²) in [6.45, 7) is 2.01. The van der Waals surface area contributed by atoms with Gasteiger partial charge in [-0.25, -0.2) is 0 Å². The predicted octanol–water partition coefficient (Wildman–Crippen LogP) is 3.12. The number of halogens is 3. The first-order valence-corrected chi connectivity index (χ1v) is 6.90. The van der Waals surface area contributed by atoms with E-state index in [1.807, 2.05) is 0 Å². The number of aliphatic carboxylic acids is 1. The minimum atomic E-state index is -4.29. The van der Waals surface area contributed by atoms with Crippen LogP contribution in [-0.4, -0.2) is 41.1 Å².